The number of fused-ring (bicyclic) bond motifs is 2. The third-order valence-corrected chi connectivity index (χ3v) is 6.11. The van der Waals surface area contributed by atoms with Crippen LogP contribution in [0.2, 0.25) is 5.02 Å². The monoisotopic (exact) mass is 424 g/mol. The van der Waals surface area contributed by atoms with E-state index in [0.29, 0.717) is 28.1 Å². The van der Waals surface area contributed by atoms with Crippen LogP contribution in [0.15, 0.2) is 51.7 Å². The number of hydrogen-bond donors (Lipinski definition) is 0. The van der Waals surface area contributed by atoms with Gasteiger partial charge in [-0.05, 0) is 49.8 Å². The Morgan fingerprint density at radius 2 is 1.77 bits per heavy atom. The van der Waals surface area contributed by atoms with Crippen LogP contribution in [0.1, 0.15) is 47.1 Å². The van der Waals surface area contributed by atoms with E-state index in [-0.39, 0.29) is 17.1 Å². The number of carbonyl (C=O) groups excluding carboxylic acids is 1. The first-order valence-corrected chi connectivity index (χ1v) is 10.7. The molecule has 0 radical (unpaired) electrons. The molecule has 0 aliphatic carbocycles. The number of carbonyl (C=O) groups is 1. The standard InChI is InChI=1S/C24H25ClN2O3/c1-4-26(5-2)12-13-27-21(16-7-9-17(25)10-8-16)20-22(28)18-14-15(3)6-11-19(18)30-23(20)24(27)29/h6-11,14,21H,4-5,12-13H2,1-3H3. The molecule has 4 rings (SSSR count). The molecule has 3 aromatic rings. The van der Waals surface area contributed by atoms with E-state index < -0.39 is 6.04 Å². The average molecular weight is 425 g/mol. The molecule has 0 saturated carbocycles. The fourth-order valence-electron chi connectivity index (χ4n) is 4.15. The Labute approximate surface area is 180 Å². The minimum Gasteiger partial charge on any atom is -0.450 e. The van der Waals surface area contributed by atoms with Crippen molar-refractivity contribution in [3.05, 3.63) is 80.2 Å². The number of aryl methyl sites for hydroxylation is 1. The summed E-state index contributed by atoms with van der Waals surface area (Å²) < 4.78 is 5.99. The van der Waals surface area contributed by atoms with Gasteiger partial charge in [0.25, 0.3) is 5.91 Å². The molecule has 1 unspecified atom stereocenters. The summed E-state index contributed by atoms with van der Waals surface area (Å²) in [6.45, 7) is 9.16. The van der Waals surface area contributed by atoms with Gasteiger partial charge in [-0.25, -0.2) is 0 Å². The molecule has 0 N–H and O–H groups in total. The maximum atomic E-state index is 13.5. The van der Waals surface area contributed by atoms with Crippen LogP contribution in [0.4, 0.5) is 0 Å². The van der Waals surface area contributed by atoms with Crippen molar-refractivity contribution in [2.75, 3.05) is 26.2 Å². The van der Waals surface area contributed by atoms with E-state index in [2.05, 4.69) is 18.7 Å². The Balaban J connectivity index is 1.87. The van der Waals surface area contributed by atoms with Crippen LogP contribution in [-0.4, -0.2) is 41.9 Å². The molecule has 0 spiro atoms. The first-order chi connectivity index (χ1) is 14.4. The lowest BCUT2D eigenvalue weighted by atomic mass is 9.98. The molecular weight excluding hydrogens is 400 g/mol. The van der Waals surface area contributed by atoms with E-state index in [1.807, 2.05) is 31.2 Å². The zero-order chi connectivity index (χ0) is 21.4. The summed E-state index contributed by atoms with van der Waals surface area (Å²) in [7, 11) is 0. The van der Waals surface area contributed by atoms with Gasteiger partial charge in [-0.1, -0.05) is 49.2 Å². The van der Waals surface area contributed by atoms with Crippen molar-refractivity contribution in [2.45, 2.75) is 26.8 Å². The molecule has 0 saturated heterocycles. The van der Waals surface area contributed by atoms with Gasteiger partial charge in [-0.15, -0.1) is 0 Å². The predicted molar refractivity (Wildman–Crippen MR) is 119 cm³/mol. The van der Waals surface area contributed by atoms with Gasteiger partial charge in [0.2, 0.25) is 5.76 Å². The zero-order valence-electron chi connectivity index (χ0n) is 17.4. The summed E-state index contributed by atoms with van der Waals surface area (Å²) in [6.07, 6.45) is 0. The van der Waals surface area contributed by atoms with E-state index in [0.717, 1.165) is 30.8 Å². The topological polar surface area (TPSA) is 53.8 Å². The molecule has 1 amide bonds. The summed E-state index contributed by atoms with van der Waals surface area (Å²) in [5.41, 5.74) is 2.54. The van der Waals surface area contributed by atoms with Crippen molar-refractivity contribution in [1.82, 2.24) is 9.80 Å². The number of likely N-dealkylation sites (N-methyl/N-ethyl adjacent to an activating group) is 1. The van der Waals surface area contributed by atoms with Crippen LogP contribution in [0.5, 0.6) is 0 Å². The average Bonchev–Trinajstić information content (AvgIpc) is 3.02. The van der Waals surface area contributed by atoms with Crippen LogP contribution >= 0.6 is 11.6 Å². The third-order valence-electron chi connectivity index (χ3n) is 5.86. The van der Waals surface area contributed by atoms with Gasteiger partial charge in [0, 0.05) is 18.1 Å². The molecule has 1 atom stereocenters. The van der Waals surface area contributed by atoms with Crippen LogP contribution < -0.4 is 5.43 Å². The molecule has 30 heavy (non-hydrogen) atoms. The molecule has 2 heterocycles. The van der Waals surface area contributed by atoms with Crippen molar-refractivity contribution >= 4 is 28.5 Å². The van der Waals surface area contributed by atoms with Crippen molar-refractivity contribution in [3.63, 3.8) is 0 Å². The number of benzene rings is 2. The molecule has 1 aliphatic rings. The van der Waals surface area contributed by atoms with Crippen LogP contribution in [0, 0.1) is 6.92 Å². The number of amides is 1. The zero-order valence-corrected chi connectivity index (χ0v) is 18.2. The Hall–Kier alpha value is -2.63. The number of nitrogens with zero attached hydrogens (tertiary/aromatic N) is 2. The van der Waals surface area contributed by atoms with Gasteiger partial charge in [0.1, 0.15) is 5.58 Å². The van der Waals surface area contributed by atoms with Crippen LogP contribution in [-0.2, 0) is 0 Å². The molecule has 6 heteroatoms. The predicted octanol–water partition coefficient (Wildman–Crippen LogP) is 4.64. The lowest BCUT2D eigenvalue weighted by Gasteiger charge is -2.28. The largest absolute Gasteiger partial charge is 0.450 e. The highest BCUT2D eigenvalue weighted by molar-refractivity contribution is 6.30. The molecule has 0 fully saturated rings. The molecule has 1 aliphatic heterocycles. The van der Waals surface area contributed by atoms with Gasteiger partial charge in [-0.2, -0.15) is 0 Å². The van der Waals surface area contributed by atoms with Gasteiger partial charge < -0.3 is 14.2 Å². The Morgan fingerprint density at radius 1 is 1.07 bits per heavy atom. The Morgan fingerprint density at radius 3 is 2.43 bits per heavy atom. The van der Waals surface area contributed by atoms with Gasteiger partial charge >= 0.3 is 0 Å². The summed E-state index contributed by atoms with van der Waals surface area (Å²) in [4.78, 5) is 30.8. The van der Waals surface area contributed by atoms with Crippen molar-refractivity contribution in [2.24, 2.45) is 0 Å². The second-order valence-electron chi connectivity index (χ2n) is 7.65. The number of hydrogen-bond acceptors (Lipinski definition) is 4. The van der Waals surface area contributed by atoms with Crippen molar-refractivity contribution in [3.8, 4) is 0 Å². The quantitative estimate of drug-likeness (QED) is 0.578. The van der Waals surface area contributed by atoms with Crippen LogP contribution in [0.25, 0.3) is 11.0 Å². The fraction of sp³-hybridized carbons (Fsp3) is 0.333. The SMILES string of the molecule is CCN(CC)CCN1C(=O)c2oc3ccc(C)cc3c(=O)c2C1c1ccc(Cl)cc1. The number of halogens is 1. The molecule has 1 aromatic heterocycles. The second-order valence-corrected chi connectivity index (χ2v) is 8.09. The maximum Gasteiger partial charge on any atom is 0.290 e. The second kappa shape index (κ2) is 8.25. The van der Waals surface area contributed by atoms with Crippen molar-refractivity contribution in [1.29, 1.82) is 0 Å². The van der Waals surface area contributed by atoms with Gasteiger partial charge in [0.15, 0.2) is 5.43 Å². The van der Waals surface area contributed by atoms with Gasteiger partial charge in [-0.3, -0.25) is 9.59 Å². The van der Waals surface area contributed by atoms with Gasteiger partial charge in [0.05, 0.1) is 17.0 Å². The summed E-state index contributed by atoms with van der Waals surface area (Å²) in [6, 6.07) is 12.3. The highest BCUT2D eigenvalue weighted by atomic mass is 35.5. The minimum absolute atomic E-state index is 0.145. The molecular formula is C24H25ClN2O3. The highest BCUT2D eigenvalue weighted by Gasteiger charge is 2.42. The summed E-state index contributed by atoms with van der Waals surface area (Å²) in [5, 5.41) is 1.12. The normalized spacial score (nSPS) is 16.0. The fourth-order valence-corrected chi connectivity index (χ4v) is 4.27. The Kier molecular flexibility index (Phi) is 5.67. The summed E-state index contributed by atoms with van der Waals surface area (Å²) >= 11 is 6.08. The van der Waals surface area contributed by atoms with E-state index in [9.17, 15) is 9.59 Å². The third kappa shape index (κ3) is 3.53. The van der Waals surface area contributed by atoms with E-state index in [1.165, 1.54) is 0 Å². The maximum absolute atomic E-state index is 13.5. The molecule has 2 aromatic carbocycles. The minimum atomic E-state index is -0.485. The van der Waals surface area contributed by atoms with E-state index >= 15 is 0 Å². The highest BCUT2D eigenvalue weighted by Crippen LogP contribution is 2.38. The first kappa shape index (κ1) is 20.6. The van der Waals surface area contributed by atoms with Crippen molar-refractivity contribution < 1.29 is 9.21 Å². The lowest BCUT2D eigenvalue weighted by Crippen LogP contribution is -2.37. The first-order valence-electron chi connectivity index (χ1n) is 10.3. The number of rotatable bonds is 6. The van der Waals surface area contributed by atoms with E-state index in [4.69, 9.17) is 16.0 Å². The smallest absolute Gasteiger partial charge is 0.290 e. The Bertz CT molecular complexity index is 1150. The molecule has 156 valence electrons. The summed E-state index contributed by atoms with van der Waals surface area (Å²) in [5.74, 6) is -0.0902. The molecule has 0 bridgehead atoms. The van der Waals surface area contributed by atoms with Crippen LogP contribution in [0.3, 0.4) is 0 Å². The molecule has 5 nitrogen and oxygen atoms in total. The lowest BCUT2D eigenvalue weighted by molar-refractivity contribution is 0.0708. The van der Waals surface area contributed by atoms with E-state index in [1.54, 1.807) is 23.1 Å².